The van der Waals surface area contributed by atoms with Crippen LogP contribution in [0.5, 0.6) is 0 Å². The summed E-state index contributed by atoms with van der Waals surface area (Å²) in [7, 11) is 0. The fourth-order valence-corrected chi connectivity index (χ4v) is 2.48. The predicted octanol–water partition coefficient (Wildman–Crippen LogP) is 1.19. The van der Waals surface area contributed by atoms with Crippen molar-refractivity contribution in [1.82, 2.24) is 0 Å². The zero-order chi connectivity index (χ0) is 7.73. The van der Waals surface area contributed by atoms with Crippen molar-refractivity contribution in [2.75, 3.05) is 19.8 Å². The smallest absolute Gasteiger partial charge is 0.0471 e. The Labute approximate surface area is 67.6 Å². The Morgan fingerprint density at radius 1 is 1.27 bits per heavy atom. The summed E-state index contributed by atoms with van der Waals surface area (Å²) >= 11 is 0. The topological polar surface area (TPSA) is 29.5 Å². The molecule has 2 nitrogen and oxygen atoms in total. The molecule has 0 radical (unpaired) electrons. The maximum atomic E-state index is 9.06. The van der Waals surface area contributed by atoms with Gasteiger partial charge in [0.05, 0.1) is 0 Å². The summed E-state index contributed by atoms with van der Waals surface area (Å²) in [5.41, 5.74) is 0.493. The molecule has 0 aromatic rings. The van der Waals surface area contributed by atoms with E-state index in [0.29, 0.717) is 17.9 Å². The molecule has 1 spiro atoms. The van der Waals surface area contributed by atoms with Gasteiger partial charge in [0.25, 0.3) is 0 Å². The van der Waals surface area contributed by atoms with Crippen LogP contribution in [0, 0.1) is 11.3 Å². The first kappa shape index (κ1) is 7.56. The van der Waals surface area contributed by atoms with Crippen LogP contribution in [-0.2, 0) is 4.74 Å². The Kier molecular flexibility index (Phi) is 1.90. The van der Waals surface area contributed by atoms with Crippen molar-refractivity contribution in [2.24, 2.45) is 11.3 Å². The second kappa shape index (κ2) is 2.76. The fraction of sp³-hybridized carbons (Fsp3) is 1.00. The van der Waals surface area contributed by atoms with Gasteiger partial charge in [0, 0.05) is 19.8 Å². The Morgan fingerprint density at radius 3 is 2.45 bits per heavy atom. The van der Waals surface area contributed by atoms with Crippen LogP contribution < -0.4 is 0 Å². The number of hydrogen-bond acceptors (Lipinski definition) is 2. The molecule has 1 unspecified atom stereocenters. The maximum Gasteiger partial charge on any atom is 0.0471 e. The quantitative estimate of drug-likeness (QED) is 0.618. The first-order valence-electron chi connectivity index (χ1n) is 4.56. The summed E-state index contributed by atoms with van der Waals surface area (Å²) in [5.74, 6) is 0.589. The Balaban J connectivity index is 1.97. The van der Waals surface area contributed by atoms with E-state index in [0.717, 1.165) is 13.2 Å². The van der Waals surface area contributed by atoms with Crippen molar-refractivity contribution in [1.29, 1.82) is 0 Å². The summed E-state index contributed by atoms with van der Waals surface area (Å²) in [6.07, 6.45) is 4.91. The minimum absolute atomic E-state index is 0.389. The Hall–Kier alpha value is -0.0800. The van der Waals surface area contributed by atoms with Crippen LogP contribution in [0.4, 0.5) is 0 Å². The number of aliphatic hydroxyl groups is 1. The zero-order valence-electron chi connectivity index (χ0n) is 6.88. The molecule has 1 aliphatic carbocycles. The fourth-order valence-electron chi connectivity index (χ4n) is 2.48. The first-order chi connectivity index (χ1) is 5.37. The van der Waals surface area contributed by atoms with Gasteiger partial charge in [0.2, 0.25) is 0 Å². The van der Waals surface area contributed by atoms with E-state index in [1.165, 1.54) is 25.7 Å². The first-order valence-corrected chi connectivity index (χ1v) is 4.56. The molecule has 2 fully saturated rings. The second-order valence-corrected chi connectivity index (χ2v) is 3.89. The van der Waals surface area contributed by atoms with Gasteiger partial charge in [-0.3, -0.25) is 0 Å². The minimum Gasteiger partial charge on any atom is -0.396 e. The van der Waals surface area contributed by atoms with Crippen molar-refractivity contribution in [3.8, 4) is 0 Å². The van der Waals surface area contributed by atoms with Crippen molar-refractivity contribution >= 4 is 0 Å². The molecule has 64 valence electrons. The molecule has 2 heteroatoms. The van der Waals surface area contributed by atoms with Crippen LogP contribution in [0.25, 0.3) is 0 Å². The van der Waals surface area contributed by atoms with Crippen LogP contribution in [-0.4, -0.2) is 24.9 Å². The number of ether oxygens (including phenoxy) is 1. The molecule has 1 N–H and O–H groups in total. The molecule has 11 heavy (non-hydrogen) atoms. The van der Waals surface area contributed by atoms with E-state index >= 15 is 0 Å². The van der Waals surface area contributed by atoms with Gasteiger partial charge in [-0.2, -0.15) is 0 Å². The molecule has 1 atom stereocenters. The van der Waals surface area contributed by atoms with Gasteiger partial charge in [-0.05, 0) is 37.0 Å². The molecule has 2 rings (SSSR count). The van der Waals surface area contributed by atoms with Crippen LogP contribution >= 0.6 is 0 Å². The molecule has 0 aromatic carbocycles. The average molecular weight is 156 g/mol. The molecule has 0 bridgehead atoms. The molecule has 2 aliphatic rings. The standard InChI is InChI=1S/C9H16O2/c10-7-8-1-2-9(8)3-5-11-6-4-9/h8,10H,1-7H2. The van der Waals surface area contributed by atoms with Crippen molar-refractivity contribution in [2.45, 2.75) is 25.7 Å². The maximum absolute atomic E-state index is 9.06. The molecule has 1 aliphatic heterocycles. The van der Waals surface area contributed by atoms with Crippen molar-refractivity contribution in [3.63, 3.8) is 0 Å². The van der Waals surface area contributed by atoms with Crippen LogP contribution in [0.1, 0.15) is 25.7 Å². The second-order valence-electron chi connectivity index (χ2n) is 3.89. The predicted molar refractivity (Wildman–Crippen MR) is 42.3 cm³/mol. The van der Waals surface area contributed by atoms with E-state index in [4.69, 9.17) is 9.84 Å². The SMILES string of the molecule is OCC1CCC12CCOCC2. The van der Waals surface area contributed by atoms with Gasteiger partial charge < -0.3 is 9.84 Å². The molecule has 1 saturated heterocycles. The lowest BCUT2D eigenvalue weighted by Crippen LogP contribution is -2.46. The van der Waals surface area contributed by atoms with Gasteiger partial charge >= 0.3 is 0 Å². The molecule has 0 aromatic heterocycles. The summed E-state index contributed by atoms with van der Waals surface area (Å²) < 4.78 is 5.31. The highest BCUT2D eigenvalue weighted by molar-refractivity contribution is 4.96. The van der Waals surface area contributed by atoms with Gasteiger partial charge in [-0.15, -0.1) is 0 Å². The Morgan fingerprint density at radius 2 is 2.00 bits per heavy atom. The summed E-state index contributed by atoms with van der Waals surface area (Å²) in [6, 6.07) is 0. The van der Waals surface area contributed by atoms with Crippen molar-refractivity contribution < 1.29 is 9.84 Å². The van der Waals surface area contributed by atoms with Gasteiger partial charge in [0.15, 0.2) is 0 Å². The highest BCUT2D eigenvalue weighted by Gasteiger charge is 2.46. The van der Waals surface area contributed by atoms with E-state index in [-0.39, 0.29) is 0 Å². The highest BCUT2D eigenvalue weighted by Crippen LogP contribution is 2.52. The lowest BCUT2D eigenvalue weighted by atomic mass is 9.56. The number of rotatable bonds is 1. The summed E-state index contributed by atoms with van der Waals surface area (Å²) in [4.78, 5) is 0. The Bertz CT molecular complexity index is 136. The number of hydrogen-bond donors (Lipinski definition) is 1. The zero-order valence-corrected chi connectivity index (χ0v) is 6.88. The van der Waals surface area contributed by atoms with Gasteiger partial charge in [0.1, 0.15) is 0 Å². The highest BCUT2D eigenvalue weighted by atomic mass is 16.5. The summed E-state index contributed by atoms with van der Waals surface area (Å²) in [5, 5.41) is 9.06. The third-order valence-electron chi connectivity index (χ3n) is 3.57. The van der Waals surface area contributed by atoms with Crippen LogP contribution in [0.2, 0.25) is 0 Å². The van der Waals surface area contributed by atoms with E-state index in [9.17, 15) is 0 Å². The molecule has 0 amide bonds. The third-order valence-corrected chi connectivity index (χ3v) is 3.57. The molecular formula is C9H16O2. The minimum atomic E-state index is 0.389. The van der Waals surface area contributed by atoms with Crippen LogP contribution in [0.3, 0.4) is 0 Å². The molecule has 1 saturated carbocycles. The van der Waals surface area contributed by atoms with E-state index in [2.05, 4.69) is 0 Å². The van der Waals surface area contributed by atoms with E-state index in [1.807, 2.05) is 0 Å². The largest absolute Gasteiger partial charge is 0.396 e. The van der Waals surface area contributed by atoms with Gasteiger partial charge in [-0.25, -0.2) is 0 Å². The normalized spacial score (nSPS) is 35.2. The lowest BCUT2D eigenvalue weighted by Gasteiger charge is -2.51. The average Bonchev–Trinajstić information content (AvgIpc) is 2.05. The molecule has 1 heterocycles. The van der Waals surface area contributed by atoms with Crippen LogP contribution in [0.15, 0.2) is 0 Å². The third kappa shape index (κ3) is 1.09. The van der Waals surface area contributed by atoms with Crippen molar-refractivity contribution in [3.05, 3.63) is 0 Å². The summed E-state index contributed by atoms with van der Waals surface area (Å²) in [6.45, 7) is 2.22. The monoisotopic (exact) mass is 156 g/mol. The van der Waals surface area contributed by atoms with Gasteiger partial charge in [-0.1, -0.05) is 0 Å². The molecular weight excluding hydrogens is 140 g/mol. The lowest BCUT2D eigenvalue weighted by molar-refractivity contribution is -0.0921. The van der Waals surface area contributed by atoms with E-state index < -0.39 is 0 Å². The van der Waals surface area contributed by atoms with E-state index in [1.54, 1.807) is 0 Å². The number of aliphatic hydroxyl groups excluding tert-OH is 1.